The highest BCUT2D eigenvalue weighted by Gasteiger charge is 2.28. The van der Waals surface area contributed by atoms with Crippen LogP contribution in [0.1, 0.15) is 70.6 Å². The van der Waals surface area contributed by atoms with E-state index in [0.717, 1.165) is 25.7 Å². The zero-order chi connectivity index (χ0) is 14.8. The molecular weight excluding hydrogens is 269 g/mol. The lowest BCUT2D eigenvalue weighted by atomic mass is 9.97. The van der Waals surface area contributed by atoms with E-state index in [4.69, 9.17) is 4.74 Å². The molecular formula is C15H27F3O2. The van der Waals surface area contributed by atoms with Gasteiger partial charge in [-0.3, -0.25) is 0 Å². The van der Waals surface area contributed by atoms with Crippen LogP contribution >= 0.6 is 0 Å². The Morgan fingerprint density at radius 2 is 1.35 bits per heavy atom. The number of aliphatic hydroxyl groups is 1. The lowest BCUT2D eigenvalue weighted by Gasteiger charge is -2.24. The summed E-state index contributed by atoms with van der Waals surface area (Å²) in [6.45, 7) is -0.342. The Labute approximate surface area is 119 Å². The summed E-state index contributed by atoms with van der Waals surface area (Å²) in [5, 5.41) is 10.1. The van der Waals surface area contributed by atoms with Crippen molar-refractivity contribution in [1.82, 2.24) is 0 Å². The smallest absolute Gasteiger partial charge is 0.390 e. The van der Waals surface area contributed by atoms with Crippen LogP contribution in [-0.4, -0.2) is 30.1 Å². The first-order valence-corrected chi connectivity index (χ1v) is 7.85. The van der Waals surface area contributed by atoms with Gasteiger partial charge >= 0.3 is 6.18 Å². The Morgan fingerprint density at radius 3 is 1.90 bits per heavy atom. The van der Waals surface area contributed by atoms with Crippen molar-refractivity contribution in [2.24, 2.45) is 0 Å². The van der Waals surface area contributed by atoms with Gasteiger partial charge in [0.05, 0.1) is 25.2 Å². The van der Waals surface area contributed by atoms with Gasteiger partial charge in [-0.2, -0.15) is 13.2 Å². The van der Waals surface area contributed by atoms with Gasteiger partial charge in [-0.05, 0) is 12.8 Å². The van der Waals surface area contributed by atoms with Crippen LogP contribution in [0, 0.1) is 0 Å². The fourth-order valence-electron chi connectivity index (χ4n) is 2.66. The van der Waals surface area contributed by atoms with Crippen molar-refractivity contribution >= 4 is 0 Å². The average molecular weight is 296 g/mol. The summed E-state index contributed by atoms with van der Waals surface area (Å²) in [4.78, 5) is 0. The van der Waals surface area contributed by atoms with Crippen LogP contribution in [0.4, 0.5) is 13.2 Å². The van der Waals surface area contributed by atoms with Crippen molar-refractivity contribution in [3.63, 3.8) is 0 Å². The number of aliphatic hydroxyl groups excluding tert-OH is 1. The van der Waals surface area contributed by atoms with Gasteiger partial charge in [-0.25, -0.2) is 0 Å². The fourth-order valence-corrected chi connectivity index (χ4v) is 2.66. The second-order valence-corrected chi connectivity index (χ2v) is 5.75. The molecule has 0 bridgehead atoms. The monoisotopic (exact) mass is 296 g/mol. The summed E-state index contributed by atoms with van der Waals surface area (Å²) in [6.07, 6.45) is 4.00. The third-order valence-electron chi connectivity index (χ3n) is 3.89. The molecule has 120 valence electrons. The normalized spacial score (nSPS) is 27.6. The van der Waals surface area contributed by atoms with Gasteiger partial charge in [0.15, 0.2) is 0 Å². The number of halogens is 3. The van der Waals surface area contributed by atoms with Gasteiger partial charge in [0.25, 0.3) is 0 Å². The highest BCUT2D eigenvalue weighted by molar-refractivity contribution is 4.71. The maximum absolute atomic E-state index is 12.1. The van der Waals surface area contributed by atoms with E-state index in [1.807, 2.05) is 0 Å². The van der Waals surface area contributed by atoms with Crippen LogP contribution < -0.4 is 0 Å². The van der Waals surface area contributed by atoms with Crippen molar-refractivity contribution in [2.75, 3.05) is 6.61 Å². The molecule has 0 spiro atoms. The van der Waals surface area contributed by atoms with E-state index in [-0.39, 0.29) is 6.61 Å². The molecule has 20 heavy (non-hydrogen) atoms. The molecule has 5 heteroatoms. The van der Waals surface area contributed by atoms with Crippen LogP contribution in [0.15, 0.2) is 0 Å². The predicted molar refractivity (Wildman–Crippen MR) is 72.6 cm³/mol. The number of ether oxygens (including phenoxy) is 1. The molecule has 1 aliphatic carbocycles. The Kier molecular flexibility index (Phi) is 8.53. The summed E-state index contributed by atoms with van der Waals surface area (Å²) in [5.41, 5.74) is 0. The quantitative estimate of drug-likeness (QED) is 0.824. The van der Waals surface area contributed by atoms with Crippen LogP contribution in [0.25, 0.3) is 0 Å². The Bertz CT molecular complexity index is 244. The molecule has 2 atom stereocenters. The molecule has 1 rings (SSSR count). The van der Waals surface area contributed by atoms with Gasteiger partial charge in [0.2, 0.25) is 0 Å². The van der Waals surface area contributed by atoms with Crippen molar-refractivity contribution < 1.29 is 23.0 Å². The molecule has 2 nitrogen and oxygen atoms in total. The zero-order valence-corrected chi connectivity index (χ0v) is 12.1. The standard InChI is InChI=1S/C15H27F3O2/c16-15(17,18)11-12-20-14-10-8-6-4-2-1-3-5-7-9-13(14)19/h13-14,19H,1-12H2. The molecule has 0 aromatic heterocycles. The van der Waals surface area contributed by atoms with Crippen molar-refractivity contribution in [1.29, 1.82) is 0 Å². The maximum Gasteiger partial charge on any atom is 0.391 e. The maximum atomic E-state index is 12.1. The van der Waals surface area contributed by atoms with Gasteiger partial charge in [-0.15, -0.1) is 0 Å². The molecule has 0 heterocycles. The lowest BCUT2D eigenvalue weighted by molar-refractivity contribution is -0.155. The minimum absolute atomic E-state index is 0.342. The van der Waals surface area contributed by atoms with E-state index in [0.29, 0.717) is 12.8 Å². The van der Waals surface area contributed by atoms with Crippen LogP contribution in [0.2, 0.25) is 0 Å². The second-order valence-electron chi connectivity index (χ2n) is 5.75. The number of alkyl halides is 3. The minimum Gasteiger partial charge on any atom is -0.390 e. The molecule has 1 saturated carbocycles. The fraction of sp³-hybridized carbons (Fsp3) is 1.00. The Balaban J connectivity index is 2.36. The van der Waals surface area contributed by atoms with Crippen LogP contribution in [-0.2, 0) is 4.74 Å². The van der Waals surface area contributed by atoms with Crippen molar-refractivity contribution in [3.8, 4) is 0 Å². The first-order chi connectivity index (χ1) is 9.49. The van der Waals surface area contributed by atoms with Crippen LogP contribution in [0.5, 0.6) is 0 Å². The average Bonchev–Trinajstić information content (AvgIpc) is 2.35. The van der Waals surface area contributed by atoms with E-state index >= 15 is 0 Å². The molecule has 0 radical (unpaired) electrons. The highest BCUT2D eigenvalue weighted by atomic mass is 19.4. The van der Waals surface area contributed by atoms with Gasteiger partial charge < -0.3 is 9.84 Å². The first-order valence-electron chi connectivity index (χ1n) is 7.85. The largest absolute Gasteiger partial charge is 0.391 e. The van der Waals surface area contributed by atoms with Gasteiger partial charge in [0, 0.05) is 0 Å². The van der Waals surface area contributed by atoms with E-state index in [9.17, 15) is 18.3 Å². The topological polar surface area (TPSA) is 29.5 Å². The van der Waals surface area contributed by atoms with Gasteiger partial charge in [0.1, 0.15) is 0 Å². The first kappa shape index (κ1) is 17.8. The second kappa shape index (κ2) is 9.61. The third-order valence-corrected chi connectivity index (χ3v) is 3.89. The van der Waals surface area contributed by atoms with E-state index in [1.54, 1.807) is 0 Å². The molecule has 1 N–H and O–H groups in total. The molecule has 2 unspecified atom stereocenters. The van der Waals surface area contributed by atoms with E-state index in [1.165, 1.54) is 25.7 Å². The van der Waals surface area contributed by atoms with Crippen molar-refractivity contribution in [2.45, 2.75) is 89.0 Å². The number of hydrogen-bond donors (Lipinski definition) is 1. The SMILES string of the molecule is OC1CCCCCCCCCCC1OCCC(F)(F)F. The van der Waals surface area contributed by atoms with Crippen LogP contribution in [0.3, 0.4) is 0 Å². The Hall–Kier alpha value is -0.290. The summed E-state index contributed by atoms with van der Waals surface area (Å²) in [5.74, 6) is 0. The molecule has 0 saturated heterocycles. The highest BCUT2D eigenvalue weighted by Crippen LogP contribution is 2.22. The molecule has 0 amide bonds. The molecule has 0 aromatic carbocycles. The molecule has 0 aliphatic heterocycles. The van der Waals surface area contributed by atoms with Gasteiger partial charge in [-0.1, -0.05) is 51.4 Å². The summed E-state index contributed by atoms with van der Waals surface area (Å²) in [6, 6.07) is 0. The Morgan fingerprint density at radius 1 is 0.850 bits per heavy atom. The van der Waals surface area contributed by atoms with Crippen molar-refractivity contribution in [3.05, 3.63) is 0 Å². The summed E-state index contributed by atoms with van der Waals surface area (Å²) >= 11 is 0. The summed E-state index contributed by atoms with van der Waals surface area (Å²) < 4.78 is 41.7. The van der Waals surface area contributed by atoms with E-state index < -0.39 is 24.8 Å². The lowest BCUT2D eigenvalue weighted by Crippen LogP contribution is -2.30. The number of hydrogen-bond acceptors (Lipinski definition) is 2. The number of rotatable bonds is 3. The summed E-state index contributed by atoms with van der Waals surface area (Å²) in [7, 11) is 0. The molecule has 1 fully saturated rings. The minimum atomic E-state index is -4.18. The third kappa shape index (κ3) is 8.80. The molecule has 1 aliphatic rings. The zero-order valence-electron chi connectivity index (χ0n) is 12.1. The van der Waals surface area contributed by atoms with E-state index in [2.05, 4.69) is 0 Å². The molecule has 0 aromatic rings. The predicted octanol–water partition coefficient (Wildman–Crippen LogP) is 4.60.